The van der Waals surface area contributed by atoms with Crippen molar-refractivity contribution >= 4 is 39.0 Å². The van der Waals surface area contributed by atoms with Crippen LogP contribution < -0.4 is 15.2 Å². The van der Waals surface area contributed by atoms with Crippen LogP contribution in [0.3, 0.4) is 0 Å². The van der Waals surface area contributed by atoms with Crippen molar-refractivity contribution in [1.82, 2.24) is 5.01 Å². The van der Waals surface area contributed by atoms with E-state index in [-0.39, 0.29) is 11.2 Å². The summed E-state index contributed by atoms with van der Waals surface area (Å²) in [4.78, 5) is 0. The van der Waals surface area contributed by atoms with E-state index in [1.165, 1.54) is 0 Å². The molecule has 0 saturated carbocycles. The van der Waals surface area contributed by atoms with E-state index < -0.39 is 0 Å². The molecule has 0 aromatic heterocycles. The van der Waals surface area contributed by atoms with Crippen LogP contribution in [0.15, 0.2) is 52.0 Å². The summed E-state index contributed by atoms with van der Waals surface area (Å²) in [5.74, 6) is 1.35. The third kappa shape index (κ3) is 3.62. The third-order valence-corrected chi connectivity index (χ3v) is 4.82. The van der Waals surface area contributed by atoms with Crippen molar-refractivity contribution in [2.45, 2.75) is 12.5 Å². The highest BCUT2D eigenvalue weighted by Gasteiger charge is 2.31. The molecule has 2 N–H and O–H groups in total. The molecular weight excluding hydrogens is 402 g/mol. The average Bonchev–Trinajstić information content (AvgIpc) is 3.07. The van der Waals surface area contributed by atoms with E-state index in [1.54, 1.807) is 19.2 Å². The molecule has 2 aromatic rings. The van der Waals surface area contributed by atoms with E-state index in [9.17, 15) is 0 Å². The summed E-state index contributed by atoms with van der Waals surface area (Å²) in [7, 11) is 3.23. The number of hydrogen-bond acceptors (Lipinski definition) is 4. The van der Waals surface area contributed by atoms with Gasteiger partial charge in [0, 0.05) is 10.9 Å². The van der Waals surface area contributed by atoms with Crippen LogP contribution >= 0.6 is 28.1 Å². The zero-order valence-electron chi connectivity index (χ0n) is 13.9. The number of thiocarbonyl (C=S) groups is 1. The maximum absolute atomic E-state index is 5.90. The maximum atomic E-state index is 5.90. The van der Waals surface area contributed by atoms with Crippen molar-refractivity contribution in [3.8, 4) is 11.5 Å². The van der Waals surface area contributed by atoms with E-state index >= 15 is 0 Å². The molecule has 0 bridgehead atoms. The van der Waals surface area contributed by atoms with E-state index in [1.807, 2.05) is 42.5 Å². The maximum Gasteiger partial charge on any atom is 0.187 e. The van der Waals surface area contributed by atoms with Gasteiger partial charge in [-0.3, -0.25) is 0 Å². The molecule has 1 heterocycles. The van der Waals surface area contributed by atoms with Gasteiger partial charge in [-0.15, -0.1) is 0 Å². The molecule has 7 heteroatoms. The largest absolute Gasteiger partial charge is 0.493 e. The van der Waals surface area contributed by atoms with Gasteiger partial charge in [0.05, 0.1) is 26.0 Å². The van der Waals surface area contributed by atoms with Crippen LogP contribution in [-0.4, -0.2) is 30.1 Å². The Bertz CT molecular complexity index is 824. The predicted molar refractivity (Wildman–Crippen MR) is 106 cm³/mol. The number of benzene rings is 2. The van der Waals surface area contributed by atoms with Crippen molar-refractivity contribution in [3.63, 3.8) is 0 Å². The molecule has 0 radical (unpaired) electrons. The number of nitrogens with zero attached hydrogens (tertiary/aromatic N) is 2. The lowest BCUT2D eigenvalue weighted by Gasteiger charge is -2.22. The van der Waals surface area contributed by atoms with Gasteiger partial charge < -0.3 is 15.2 Å². The molecule has 2 aromatic carbocycles. The van der Waals surface area contributed by atoms with Crippen LogP contribution in [0.1, 0.15) is 23.6 Å². The van der Waals surface area contributed by atoms with Gasteiger partial charge in [0.1, 0.15) is 0 Å². The van der Waals surface area contributed by atoms with Gasteiger partial charge in [0.25, 0.3) is 0 Å². The summed E-state index contributed by atoms with van der Waals surface area (Å²) in [6.07, 6.45) is 0.703. The Morgan fingerprint density at radius 2 is 1.84 bits per heavy atom. The smallest absolute Gasteiger partial charge is 0.187 e. The lowest BCUT2D eigenvalue weighted by Crippen LogP contribution is -2.31. The van der Waals surface area contributed by atoms with Crippen LogP contribution in [0, 0.1) is 0 Å². The fourth-order valence-corrected chi connectivity index (χ4v) is 3.28. The molecule has 0 fully saturated rings. The second-order valence-electron chi connectivity index (χ2n) is 5.57. The highest BCUT2D eigenvalue weighted by atomic mass is 79.9. The van der Waals surface area contributed by atoms with Gasteiger partial charge in [0.15, 0.2) is 16.6 Å². The second kappa shape index (κ2) is 7.41. The molecule has 0 aliphatic carbocycles. The first-order valence-corrected chi connectivity index (χ1v) is 8.87. The molecule has 1 aliphatic heterocycles. The summed E-state index contributed by atoms with van der Waals surface area (Å²) >= 11 is 8.65. The van der Waals surface area contributed by atoms with Gasteiger partial charge in [-0.05, 0) is 47.6 Å². The molecule has 130 valence electrons. The quantitative estimate of drug-likeness (QED) is 0.762. The molecule has 5 nitrogen and oxygen atoms in total. The average molecular weight is 420 g/mol. The van der Waals surface area contributed by atoms with Gasteiger partial charge in [0.2, 0.25) is 0 Å². The van der Waals surface area contributed by atoms with Gasteiger partial charge in [-0.25, -0.2) is 5.01 Å². The summed E-state index contributed by atoms with van der Waals surface area (Å²) < 4.78 is 11.7. The van der Waals surface area contributed by atoms with E-state index in [0.29, 0.717) is 17.9 Å². The number of rotatable bonds is 4. The summed E-state index contributed by atoms with van der Waals surface area (Å²) in [5.41, 5.74) is 8.91. The first-order valence-electron chi connectivity index (χ1n) is 7.67. The fraction of sp³-hybridized carbons (Fsp3) is 0.222. The summed E-state index contributed by atoms with van der Waals surface area (Å²) in [6.45, 7) is 0. The minimum atomic E-state index is -0.0732. The molecule has 1 unspecified atom stereocenters. The zero-order valence-corrected chi connectivity index (χ0v) is 16.3. The first-order chi connectivity index (χ1) is 12.0. The van der Waals surface area contributed by atoms with Crippen LogP contribution in [0.2, 0.25) is 0 Å². The van der Waals surface area contributed by atoms with Crippen molar-refractivity contribution in [3.05, 3.63) is 58.1 Å². The lowest BCUT2D eigenvalue weighted by atomic mass is 9.98. The van der Waals surface area contributed by atoms with Crippen LogP contribution in [0.5, 0.6) is 11.5 Å². The van der Waals surface area contributed by atoms with E-state index in [4.69, 9.17) is 27.4 Å². The van der Waals surface area contributed by atoms with Gasteiger partial charge in [-0.1, -0.05) is 34.1 Å². The number of hydrazone groups is 1. The van der Waals surface area contributed by atoms with Crippen molar-refractivity contribution < 1.29 is 9.47 Å². The second-order valence-corrected chi connectivity index (χ2v) is 6.90. The summed E-state index contributed by atoms with van der Waals surface area (Å²) in [6, 6.07) is 13.8. The van der Waals surface area contributed by atoms with Gasteiger partial charge in [-0.2, -0.15) is 5.10 Å². The third-order valence-electron chi connectivity index (χ3n) is 4.11. The summed E-state index contributed by atoms with van der Waals surface area (Å²) in [5, 5.41) is 6.57. The van der Waals surface area contributed by atoms with Crippen molar-refractivity contribution in [2.24, 2.45) is 10.8 Å². The minimum Gasteiger partial charge on any atom is -0.493 e. The Labute approximate surface area is 160 Å². The lowest BCUT2D eigenvalue weighted by molar-refractivity contribution is 0.347. The Morgan fingerprint density at radius 1 is 1.16 bits per heavy atom. The van der Waals surface area contributed by atoms with Crippen molar-refractivity contribution in [1.29, 1.82) is 0 Å². The van der Waals surface area contributed by atoms with Gasteiger partial charge >= 0.3 is 0 Å². The Hall–Kier alpha value is -2.12. The van der Waals surface area contributed by atoms with Crippen molar-refractivity contribution in [2.75, 3.05) is 14.2 Å². The topological polar surface area (TPSA) is 60.1 Å². The SMILES string of the molecule is COc1ccc(C2CC(c3ccc(Br)cc3)=NN2C(N)=S)cc1OC. The molecular formula is C18H18BrN3O2S. The highest BCUT2D eigenvalue weighted by Crippen LogP contribution is 2.37. The van der Waals surface area contributed by atoms with E-state index in [0.717, 1.165) is 21.3 Å². The normalized spacial score (nSPS) is 16.5. The molecule has 0 amide bonds. The van der Waals surface area contributed by atoms with Crippen LogP contribution in [0.25, 0.3) is 0 Å². The molecule has 0 spiro atoms. The standard InChI is InChI=1S/C18H18BrN3O2S/c1-23-16-8-5-12(9-17(16)24-2)15-10-14(21-22(15)18(20)25)11-3-6-13(19)7-4-11/h3-9,15H,10H2,1-2H3,(H2,20,25). The molecule has 1 aliphatic rings. The van der Waals surface area contributed by atoms with E-state index in [2.05, 4.69) is 21.0 Å². The Balaban J connectivity index is 1.94. The fourth-order valence-electron chi connectivity index (χ4n) is 2.85. The minimum absolute atomic E-state index is 0.0732. The Kier molecular flexibility index (Phi) is 5.24. The monoisotopic (exact) mass is 419 g/mol. The number of methoxy groups -OCH3 is 2. The molecule has 25 heavy (non-hydrogen) atoms. The predicted octanol–water partition coefficient (Wildman–Crippen LogP) is 3.86. The number of halogens is 1. The molecule has 0 saturated heterocycles. The van der Waals surface area contributed by atoms with Crippen LogP contribution in [0.4, 0.5) is 0 Å². The highest BCUT2D eigenvalue weighted by molar-refractivity contribution is 9.10. The molecule has 3 rings (SSSR count). The number of nitrogens with two attached hydrogens (primary N) is 1. The Morgan fingerprint density at radius 3 is 2.44 bits per heavy atom. The number of ether oxygens (including phenoxy) is 2. The van der Waals surface area contributed by atoms with Crippen LogP contribution in [-0.2, 0) is 0 Å². The molecule has 1 atom stereocenters. The number of hydrogen-bond donors (Lipinski definition) is 1. The zero-order chi connectivity index (χ0) is 18.0. The first kappa shape index (κ1) is 17.7.